The van der Waals surface area contributed by atoms with Gasteiger partial charge in [0.2, 0.25) is 0 Å². The lowest BCUT2D eigenvalue weighted by molar-refractivity contribution is 0.341. The highest BCUT2D eigenvalue weighted by atomic mass is 19.1. The van der Waals surface area contributed by atoms with E-state index >= 15 is 0 Å². The quantitative estimate of drug-likeness (QED) is 0.722. The van der Waals surface area contributed by atoms with Crippen molar-refractivity contribution < 1.29 is 4.39 Å². The fraction of sp³-hybridized carbons (Fsp3) is 0.500. The molecule has 2 heteroatoms. The summed E-state index contributed by atoms with van der Waals surface area (Å²) in [6.07, 6.45) is 1.04. The second-order valence-electron chi connectivity index (χ2n) is 4.10. The molecule has 0 spiro atoms. The molecule has 1 fully saturated rings. The summed E-state index contributed by atoms with van der Waals surface area (Å²) < 4.78 is 13.5. The van der Waals surface area contributed by atoms with E-state index < -0.39 is 0 Å². The van der Waals surface area contributed by atoms with Crippen molar-refractivity contribution in [3.05, 3.63) is 35.6 Å². The third kappa shape index (κ3) is 1.80. The summed E-state index contributed by atoms with van der Waals surface area (Å²) in [5.74, 6) is 0.865. The predicted octanol–water partition coefficient (Wildman–Crippen LogP) is 2.54. The highest BCUT2D eigenvalue weighted by Gasteiger charge is 2.24. The van der Waals surface area contributed by atoms with Crippen LogP contribution in [-0.4, -0.2) is 13.1 Å². The molecule has 0 bridgehead atoms. The molecule has 14 heavy (non-hydrogen) atoms. The molecule has 1 aromatic rings. The first-order chi connectivity index (χ1) is 6.79. The molecule has 0 amide bonds. The number of rotatable bonds is 1. The van der Waals surface area contributed by atoms with Gasteiger partial charge in [0.15, 0.2) is 0 Å². The molecule has 2 rings (SSSR count). The monoisotopic (exact) mass is 193 g/mol. The van der Waals surface area contributed by atoms with Crippen LogP contribution in [0.15, 0.2) is 24.3 Å². The summed E-state index contributed by atoms with van der Waals surface area (Å²) in [6.45, 7) is 4.19. The molecule has 76 valence electrons. The number of piperidine rings is 1. The first kappa shape index (κ1) is 9.66. The Bertz CT molecular complexity index is 311. The molecule has 1 nitrogen and oxygen atoms in total. The van der Waals surface area contributed by atoms with Gasteiger partial charge < -0.3 is 5.32 Å². The number of halogens is 1. The van der Waals surface area contributed by atoms with Crippen molar-refractivity contribution in [2.75, 3.05) is 13.1 Å². The van der Waals surface area contributed by atoms with E-state index in [1.54, 1.807) is 12.1 Å². The van der Waals surface area contributed by atoms with Crippen LogP contribution in [-0.2, 0) is 0 Å². The van der Waals surface area contributed by atoms with E-state index in [1.807, 2.05) is 12.1 Å². The van der Waals surface area contributed by atoms with Gasteiger partial charge in [-0.1, -0.05) is 25.1 Å². The lowest BCUT2D eigenvalue weighted by Crippen LogP contribution is -2.34. The molecule has 0 saturated carbocycles. The van der Waals surface area contributed by atoms with Gasteiger partial charge in [0.25, 0.3) is 0 Å². The molecule has 1 aromatic carbocycles. The summed E-state index contributed by atoms with van der Waals surface area (Å²) in [5, 5.41) is 3.33. The van der Waals surface area contributed by atoms with Gasteiger partial charge in [-0.3, -0.25) is 0 Å². The van der Waals surface area contributed by atoms with E-state index in [1.165, 1.54) is 0 Å². The highest BCUT2D eigenvalue weighted by molar-refractivity contribution is 5.23. The molecule has 0 aliphatic carbocycles. The van der Waals surface area contributed by atoms with Crippen LogP contribution in [0.4, 0.5) is 4.39 Å². The Morgan fingerprint density at radius 1 is 1.36 bits per heavy atom. The van der Waals surface area contributed by atoms with E-state index in [0.29, 0.717) is 11.8 Å². The first-order valence-electron chi connectivity index (χ1n) is 5.24. The molecule has 1 heterocycles. The van der Waals surface area contributed by atoms with Crippen LogP contribution < -0.4 is 5.32 Å². The van der Waals surface area contributed by atoms with Crippen molar-refractivity contribution in [2.24, 2.45) is 5.92 Å². The molecule has 1 saturated heterocycles. The van der Waals surface area contributed by atoms with Gasteiger partial charge in [-0.15, -0.1) is 0 Å². The lowest BCUT2D eigenvalue weighted by Gasteiger charge is -2.30. The number of hydrogen-bond acceptors (Lipinski definition) is 1. The molecule has 0 radical (unpaired) electrons. The lowest BCUT2D eigenvalue weighted by atomic mass is 9.82. The molecule has 0 aromatic heterocycles. The van der Waals surface area contributed by atoms with Gasteiger partial charge in [-0.05, 0) is 43.0 Å². The maximum absolute atomic E-state index is 13.5. The van der Waals surface area contributed by atoms with Crippen molar-refractivity contribution in [2.45, 2.75) is 19.3 Å². The van der Waals surface area contributed by atoms with Crippen molar-refractivity contribution in [1.29, 1.82) is 0 Å². The van der Waals surface area contributed by atoms with Gasteiger partial charge in [-0.2, -0.15) is 0 Å². The molecule has 1 N–H and O–H groups in total. The standard InChI is InChI=1S/C12H16FN/c1-9-8-14-7-6-10(9)11-4-2-3-5-12(11)13/h2-5,9-10,14H,6-8H2,1H3. The van der Waals surface area contributed by atoms with Crippen LogP contribution in [0.3, 0.4) is 0 Å². The largest absolute Gasteiger partial charge is 0.316 e. The van der Waals surface area contributed by atoms with Gasteiger partial charge in [-0.25, -0.2) is 4.39 Å². The van der Waals surface area contributed by atoms with Crippen LogP contribution in [0.2, 0.25) is 0 Å². The predicted molar refractivity (Wildman–Crippen MR) is 55.8 cm³/mol. The Morgan fingerprint density at radius 3 is 2.86 bits per heavy atom. The SMILES string of the molecule is CC1CNCCC1c1ccccc1F. The van der Waals surface area contributed by atoms with Crippen molar-refractivity contribution in [1.82, 2.24) is 5.32 Å². The van der Waals surface area contributed by atoms with Crippen LogP contribution in [0.5, 0.6) is 0 Å². The van der Waals surface area contributed by atoms with Crippen molar-refractivity contribution in [3.63, 3.8) is 0 Å². The van der Waals surface area contributed by atoms with Gasteiger partial charge in [0.1, 0.15) is 5.82 Å². The third-order valence-corrected chi connectivity index (χ3v) is 3.09. The maximum Gasteiger partial charge on any atom is 0.126 e. The molecule has 1 aliphatic rings. The van der Waals surface area contributed by atoms with E-state index in [9.17, 15) is 4.39 Å². The van der Waals surface area contributed by atoms with Crippen LogP contribution in [0, 0.1) is 11.7 Å². The smallest absolute Gasteiger partial charge is 0.126 e. The highest BCUT2D eigenvalue weighted by Crippen LogP contribution is 2.31. The average molecular weight is 193 g/mol. The van der Waals surface area contributed by atoms with E-state index in [0.717, 1.165) is 25.1 Å². The summed E-state index contributed by atoms with van der Waals surface area (Å²) in [4.78, 5) is 0. The maximum atomic E-state index is 13.5. The third-order valence-electron chi connectivity index (χ3n) is 3.09. The Kier molecular flexibility index (Phi) is 2.82. The Labute approximate surface area is 84.3 Å². The van der Waals surface area contributed by atoms with Gasteiger partial charge in [0.05, 0.1) is 0 Å². The zero-order chi connectivity index (χ0) is 9.97. The van der Waals surface area contributed by atoms with Gasteiger partial charge >= 0.3 is 0 Å². The fourth-order valence-electron chi connectivity index (χ4n) is 2.25. The van der Waals surface area contributed by atoms with Crippen molar-refractivity contribution >= 4 is 0 Å². The molecular formula is C12H16FN. The summed E-state index contributed by atoms with van der Waals surface area (Å²) in [6, 6.07) is 7.16. The normalized spacial score (nSPS) is 27.6. The van der Waals surface area contributed by atoms with E-state index in [-0.39, 0.29) is 5.82 Å². The molecule has 2 unspecified atom stereocenters. The fourth-order valence-corrected chi connectivity index (χ4v) is 2.25. The van der Waals surface area contributed by atoms with Crippen LogP contribution >= 0.6 is 0 Å². The van der Waals surface area contributed by atoms with Crippen molar-refractivity contribution in [3.8, 4) is 0 Å². The minimum absolute atomic E-state index is 0.0498. The van der Waals surface area contributed by atoms with E-state index in [4.69, 9.17) is 0 Å². The molecule has 1 aliphatic heterocycles. The van der Waals surface area contributed by atoms with Gasteiger partial charge in [0, 0.05) is 0 Å². The Morgan fingerprint density at radius 2 is 2.14 bits per heavy atom. The second kappa shape index (κ2) is 4.09. The Hall–Kier alpha value is -0.890. The summed E-state index contributed by atoms with van der Waals surface area (Å²) >= 11 is 0. The van der Waals surface area contributed by atoms with Crippen LogP contribution in [0.1, 0.15) is 24.8 Å². The Balaban J connectivity index is 2.25. The topological polar surface area (TPSA) is 12.0 Å². The minimum atomic E-state index is -0.0498. The first-order valence-corrected chi connectivity index (χ1v) is 5.24. The minimum Gasteiger partial charge on any atom is -0.316 e. The average Bonchev–Trinajstić information content (AvgIpc) is 2.20. The molecular weight excluding hydrogens is 177 g/mol. The van der Waals surface area contributed by atoms with E-state index in [2.05, 4.69) is 12.2 Å². The molecule has 2 atom stereocenters. The van der Waals surface area contributed by atoms with Crippen LogP contribution in [0.25, 0.3) is 0 Å². The second-order valence-corrected chi connectivity index (χ2v) is 4.10. The number of hydrogen-bond donors (Lipinski definition) is 1. The summed E-state index contributed by atoms with van der Waals surface area (Å²) in [7, 11) is 0. The number of benzene rings is 1. The zero-order valence-electron chi connectivity index (χ0n) is 8.46. The summed E-state index contributed by atoms with van der Waals surface area (Å²) in [5.41, 5.74) is 0.890. The zero-order valence-corrected chi connectivity index (χ0v) is 8.46. The number of nitrogens with one attached hydrogen (secondary N) is 1.